The highest BCUT2D eigenvalue weighted by atomic mass is 32.2. The molecule has 1 saturated heterocycles. The molecule has 0 bridgehead atoms. The molecule has 0 aromatic carbocycles. The van der Waals surface area contributed by atoms with Crippen molar-refractivity contribution in [1.29, 1.82) is 0 Å². The summed E-state index contributed by atoms with van der Waals surface area (Å²) in [5, 5.41) is 8.90. The van der Waals surface area contributed by atoms with Gasteiger partial charge in [-0.3, -0.25) is 9.59 Å². The van der Waals surface area contributed by atoms with Gasteiger partial charge in [0.2, 0.25) is 10.0 Å². The van der Waals surface area contributed by atoms with Crippen molar-refractivity contribution >= 4 is 33.2 Å². The van der Waals surface area contributed by atoms with E-state index in [1.807, 2.05) is 16.8 Å². The zero-order chi connectivity index (χ0) is 17.9. The molecule has 9 heteroatoms. The summed E-state index contributed by atoms with van der Waals surface area (Å²) >= 11 is 1.54. The maximum atomic E-state index is 12.2. The molecule has 138 valence electrons. The Morgan fingerprint density at radius 3 is 2.40 bits per heavy atom. The van der Waals surface area contributed by atoms with E-state index in [1.165, 1.54) is 11.3 Å². The van der Waals surface area contributed by atoms with Gasteiger partial charge in [0.15, 0.2) is 0 Å². The number of rotatable bonds is 6. The van der Waals surface area contributed by atoms with Crippen LogP contribution in [0.1, 0.15) is 31.2 Å². The number of hydrogen-bond acceptors (Lipinski definition) is 5. The smallest absolute Gasteiger partial charge is 0.309 e. The fourth-order valence-corrected chi connectivity index (χ4v) is 5.46. The van der Waals surface area contributed by atoms with E-state index in [9.17, 15) is 18.0 Å². The van der Waals surface area contributed by atoms with E-state index in [1.54, 1.807) is 4.31 Å². The number of piperidine rings is 1. The van der Waals surface area contributed by atoms with Crippen LogP contribution in [-0.2, 0) is 26.2 Å². The van der Waals surface area contributed by atoms with Gasteiger partial charge >= 0.3 is 11.8 Å². The second-order valence-corrected chi connectivity index (χ2v) is 9.60. The van der Waals surface area contributed by atoms with Crippen LogP contribution in [0, 0.1) is 5.92 Å². The molecular weight excluding hydrogens is 362 g/mol. The van der Waals surface area contributed by atoms with E-state index in [2.05, 4.69) is 10.6 Å². The van der Waals surface area contributed by atoms with Gasteiger partial charge in [-0.25, -0.2) is 12.7 Å². The van der Waals surface area contributed by atoms with Gasteiger partial charge < -0.3 is 10.6 Å². The summed E-state index contributed by atoms with van der Waals surface area (Å²) in [5.74, 6) is -1.07. The normalized spacial score (nSPS) is 19.5. The van der Waals surface area contributed by atoms with Gasteiger partial charge in [0, 0.05) is 26.2 Å². The lowest BCUT2D eigenvalue weighted by Crippen LogP contribution is -2.45. The third kappa shape index (κ3) is 4.80. The lowest BCUT2D eigenvalue weighted by molar-refractivity contribution is -0.139. The summed E-state index contributed by atoms with van der Waals surface area (Å²) in [6.45, 7) is 1.75. The fraction of sp³-hybridized carbons (Fsp3) is 0.625. The summed E-state index contributed by atoms with van der Waals surface area (Å²) in [4.78, 5) is 23.6. The maximum Gasteiger partial charge on any atom is 0.309 e. The van der Waals surface area contributed by atoms with Crippen molar-refractivity contribution in [2.45, 2.75) is 37.5 Å². The molecule has 0 radical (unpaired) electrons. The number of thiophene rings is 1. The molecule has 1 aromatic rings. The molecule has 2 aliphatic rings. The molecule has 1 saturated carbocycles. The topological polar surface area (TPSA) is 95.6 Å². The Morgan fingerprint density at radius 1 is 1.12 bits per heavy atom. The predicted octanol–water partition coefficient (Wildman–Crippen LogP) is 0.685. The molecule has 2 fully saturated rings. The third-order valence-corrected chi connectivity index (χ3v) is 7.80. The van der Waals surface area contributed by atoms with Crippen LogP contribution in [0.15, 0.2) is 16.8 Å². The van der Waals surface area contributed by atoms with Crippen molar-refractivity contribution in [1.82, 2.24) is 14.9 Å². The van der Waals surface area contributed by atoms with Crippen LogP contribution in [0.2, 0.25) is 0 Å². The maximum absolute atomic E-state index is 12.2. The Morgan fingerprint density at radius 2 is 1.80 bits per heavy atom. The number of hydrogen-bond donors (Lipinski definition) is 2. The molecule has 0 atom stereocenters. The minimum Gasteiger partial charge on any atom is -0.348 e. The largest absolute Gasteiger partial charge is 0.348 e. The van der Waals surface area contributed by atoms with Gasteiger partial charge in [0.25, 0.3) is 0 Å². The van der Waals surface area contributed by atoms with Crippen LogP contribution in [0.5, 0.6) is 0 Å². The zero-order valence-electron chi connectivity index (χ0n) is 13.9. The SMILES string of the molecule is O=C(NCc1ccsc1)C(=O)NCC1CCN(S(=O)(=O)C2CC2)CC1. The highest BCUT2D eigenvalue weighted by molar-refractivity contribution is 7.90. The molecule has 7 nitrogen and oxygen atoms in total. The van der Waals surface area contributed by atoms with Crippen molar-refractivity contribution in [3.8, 4) is 0 Å². The zero-order valence-corrected chi connectivity index (χ0v) is 15.6. The molecule has 2 heterocycles. The van der Waals surface area contributed by atoms with Gasteiger partial charge in [-0.05, 0) is 54.0 Å². The van der Waals surface area contributed by atoms with E-state index in [4.69, 9.17) is 0 Å². The van der Waals surface area contributed by atoms with Gasteiger partial charge in [0.05, 0.1) is 5.25 Å². The van der Waals surface area contributed by atoms with Crippen LogP contribution in [0.3, 0.4) is 0 Å². The van der Waals surface area contributed by atoms with Gasteiger partial charge in [-0.15, -0.1) is 0 Å². The standard InChI is InChI=1S/C16H23N3O4S2/c20-15(16(21)18-10-13-5-8-24-11-13)17-9-12-3-6-19(7-4-12)25(22,23)14-1-2-14/h5,8,11-12,14H,1-4,6-7,9-10H2,(H,17,20)(H,18,21). The first-order chi connectivity index (χ1) is 12.0. The Bertz CT molecular complexity index is 706. The molecular formula is C16H23N3O4S2. The number of nitrogens with one attached hydrogen (secondary N) is 2. The number of sulfonamides is 1. The van der Waals surface area contributed by atoms with E-state index < -0.39 is 21.8 Å². The monoisotopic (exact) mass is 385 g/mol. The molecule has 2 N–H and O–H groups in total. The van der Waals surface area contributed by atoms with Crippen LogP contribution < -0.4 is 10.6 Å². The summed E-state index contributed by atoms with van der Waals surface area (Å²) in [6, 6.07) is 1.90. The highest BCUT2D eigenvalue weighted by Gasteiger charge is 2.41. The number of amides is 2. The lowest BCUT2D eigenvalue weighted by atomic mass is 9.98. The van der Waals surface area contributed by atoms with Crippen LogP contribution in [0.4, 0.5) is 0 Å². The summed E-state index contributed by atoms with van der Waals surface area (Å²) in [5.41, 5.74) is 0.968. The molecule has 1 aliphatic carbocycles. The molecule has 0 spiro atoms. The summed E-state index contributed by atoms with van der Waals surface area (Å²) < 4.78 is 25.9. The molecule has 1 aromatic heterocycles. The number of nitrogens with zero attached hydrogens (tertiary/aromatic N) is 1. The van der Waals surface area contributed by atoms with E-state index in [-0.39, 0.29) is 11.2 Å². The lowest BCUT2D eigenvalue weighted by Gasteiger charge is -2.31. The Hall–Kier alpha value is -1.45. The van der Waals surface area contributed by atoms with Crippen molar-refractivity contribution in [2.75, 3.05) is 19.6 Å². The molecule has 3 rings (SSSR count). The first-order valence-corrected chi connectivity index (χ1v) is 11.0. The van der Waals surface area contributed by atoms with E-state index in [0.717, 1.165) is 18.4 Å². The Labute approximate surface area is 151 Å². The minimum absolute atomic E-state index is 0.171. The average molecular weight is 386 g/mol. The minimum atomic E-state index is -3.10. The molecule has 2 amide bonds. The van der Waals surface area contributed by atoms with Crippen molar-refractivity contribution in [2.24, 2.45) is 5.92 Å². The first-order valence-electron chi connectivity index (χ1n) is 8.53. The second-order valence-electron chi connectivity index (χ2n) is 6.61. The Kier molecular flexibility index (Phi) is 5.75. The van der Waals surface area contributed by atoms with E-state index in [0.29, 0.717) is 39.0 Å². The van der Waals surface area contributed by atoms with Crippen LogP contribution in [-0.4, -0.2) is 49.4 Å². The predicted molar refractivity (Wildman–Crippen MR) is 95.4 cm³/mol. The van der Waals surface area contributed by atoms with Gasteiger partial charge in [0.1, 0.15) is 0 Å². The number of carbonyl (C=O) groups excluding carboxylic acids is 2. The van der Waals surface area contributed by atoms with Crippen molar-refractivity contribution < 1.29 is 18.0 Å². The molecule has 0 unspecified atom stereocenters. The fourth-order valence-electron chi connectivity index (χ4n) is 2.92. The quantitative estimate of drug-likeness (QED) is 0.704. The summed E-state index contributed by atoms with van der Waals surface area (Å²) in [7, 11) is -3.10. The van der Waals surface area contributed by atoms with Crippen molar-refractivity contribution in [3.05, 3.63) is 22.4 Å². The van der Waals surface area contributed by atoms with E-state index >= 15 is 0 Å². The second kappa shape index (κ2) is 7.84. The Balaban J connectivity index is 1.36. The summed E-state index contributed by atoms with van der Waals surface area (Å²) in [6.07, 6.45) is 2.98. The number of carbonyl (C=O) groups is 2. The van der Waals surface area contributed by atoms with Gasteiger partial charge in [-0.2, -0.15) is 11.3 Å². The molecule has 25 heavy (non-hydrogen) atoms. The van der Waals surface area contributed by atoms with Crippen LogP contribution in [0.25, 0.3) is 0 Å². The third-order valence-electron chi connectivity index (χ3n) is 4.67. The van der Waals surface area contributed by atoms with Crippen molar-refractivity contribution in [3.63, 3.8) is 0 Å². The molecule has 1 aliphatic heterocycles. The highest BCUT2D eigenvalue weighted by Crippen LogP contribution is 2.32. The first kappa shape index (κ1) is 18.3. The average Bonchev–Trinajstić information content (AvgIpc) is 3.36. The van der Waals surface area contributed by atoms with Gasteiger partial charge in [-0.1, -0.05) is 0 Å². The van der Waals surface area contributed by atoms with Crippen LogP contribution >= 0.6 is 11.3 Å².